The quantitative estimate of drug-likeness (QED) is 0.394. The summed E-state index contributed by atoms with van der Waals surface area (Å²) in [4.78, 5) is -0.323. The van der Waals surface area contributed by atoms with E-state index in [9.17, 15) is 18.1 Å². The molecule has 186 valence electrons. The summed E-state index contributed by atoms with van der Waals surface area (Å²) in [7, 11) is -1.96. The zero-order chi connectivity index (χ0) is 25.4. The third-order valence-corrected chi connectivity index (χ3v) is 6.97. The largest absolute Gasteiger partial charge is 0.504 e. The molecule has 0 amide bonds. The second-order valence-electron chi connectivity index (χ2n) is 12.0. The van der Waals surface area contributed by atoms with Gasteiger partial charge < -0.3 is 14.6 Å². The second kappa shape index (κ2) is 9.41. The molecule has 0 fully saturated rings. The number of hydrogen-bond donors (Lipinski definition) is 2. The van der Waals surface area contributed by atoms with Gasteiger partial charge in [-0.25, -0.2) is 0 Å². The molecule has 0 aliphatic heterocycles. The Morgan fingerprint density at radius 2 is 1.38 bits per heavy atom. The average molecular weight is 473 g/mol. The summed E-state index contributed by atoms with van der Waals surface area (Å²) >= 11 is 0. The lowest BCUT2D eigenvalue weighted by atomic mass is 9.56. The Balaban J connectivity index is 4.30. The van der Waals surface area contributed by atoms with E-state index in [0.29, 0.717) is 5.92 Å². The van der Waals surface area contributed by atoms with Crippen LogP contribution in [0.3, 0.4) is 0 Å². The van der Waals surface area contributed by atoms with E-state index >= 15 is 0 Å². The van der Waals surface area contributed by atoms with Crippen LogP contribution in [0.2, 0.25) is 0 Å². The van der Waals surface area contributed by atoms with E-state index in [1.165, 1.54) is 14.2 Å². The van der Waals surface area contributed by atoms with Crippen LogP contribution in [0.4, 0.5) is 0 Å². The number of rotatable bonds is 9. The Morgan fingerprint density at radius 1 is 0.906 bits per heavy atom. The third kappa shape index (κ3) is 6.10. The molecule has 0 bridgehead atoms. The minimum atomic E-state index is -4.70. The van der Waals surface area contributed by atoms with Gasteiger partial charge in [-0.05, 0) is 47.8 Å². The number of hydrogen-bond acceptors (Lipinski definition) is 5. The van der Waals surface area contributed by atoms with Crippen molar-refractivity contribution >= 4 is 10.1 Å². The Hall–Kier alpha value is -1.47. The molecule has 0 aromatic heterocycles. The first kappa shape index (κ1) is 28.6. The maximum absolute atomic E-state index is 12.8. The van der Waals surface area contributed by atoms with Gasteiger partial charge in [0.25, 0.3) is 10.1 Å². The highest BCUT2D eigenvalue weighted by atomic mass is 32.2. The first-order valence-corrected chi connectivity index (χ1v) is 12.6. The number of ether oxygens (including phenoxy) is 2. The number of methoxy groups -OCH3 is 2. The normalized spacial score (nSPS) is 14.6. The lowest BCUT2D eigenvalue weighted by molar-refractivity contribution is 0.0749. The van der Waals surface area contributed by atoms with Crippen molar-refractivity contribution in [3.05, 3.63) is 11.1 Å². The molecule has 7 heteroatoms. The fourth-order valence-corrected chi connectivity index (χ4v) is 7.21. The first-order valence-electron chi connectivity index (χ1n) is 11.2. The summed E-state index contributed by atoms with van der Waals surface area (Å²) in [6.45, 7) is 20.7. The van der Waals surface area contributed by atoms with Crippen molar-refractivity contribution in [3.8, 4) is 17.2 Å². The predicted octanol–water partition coefficient (Wildman–Crippen LogP) is 6.58. The molecule has 32 heavy (non-hydrogen) atoms. The summed E-state index contributed by atoms with van der Waals surface area (Å²) in [6.07, 6.45) is 1.58. The van der Waals surface area contributed by atoms with Gasteiger partial charge in [0.2, 0.25) is 0 Å². The molecule has 1 atom stereocenters. The summed E-state index contributed by atoms with van der Waals surface area (Å²) in [5.41, 5.74) is -0.388. The SMILES string of the molecule is COc1c(O)c(C)c(OC)c(S(=O)(=O)O)c1C(C(C)(C)CC(C)C)C(C)(C)CC(C)(C)C. The molecule has 0 heterocycles. The summed E-state index contributed by atoms with van der Waals surface area (Å²) < 4.78 is 46.9. The van der Waals surface area contributed by atoms with E-state index in [2.05, 4.69) is 62.3 Å². The van der Waals surface area contributed by atoms with Crippen molar-refractivity contribution in [1.29, 1.82) is 0 Å². The average Bonchev–Trinajstić information content (AvgIpc) is 2.52. The second-order valence-corrected chi connectivity index (χ2v) is 13.4. The van der Waals surface area contributed by atoms with Crippen LogP contribution < -0.4 is 9.47 Å². The Labute approximate surface area is 195 Å². The van der Waals surface area contributed by atoms with Crippen molar-refractivity contribution < 1.29 is 27.6 Å². The van der Waals surface area contributed by atoms with Gasteiger partial charge in [-0.15, -0.1) is 0 Å². The van der Waals surface area contributed by atoms with Gasteiger partial charge in [-0.2, -0.15) is 8.42 Å². The lowest BCUT2D eigenvalue weighted by Crippen LogP contribution is -2.39. The summed E-state index contributed by atoms with van der Waals surface area (Å²) in [5.74, 6) is -0.205. The number of phenols is 1. The zero-order valence-corrected chi connectivity index (χ0v) is 22.8. The van der Waals surface area contributed by atoms with Gasteiger partial charge in [0.15, 0.2) is 11.5 Å². The smallest absolute Gasteiger partial charge is 0.298 e. The maximum Gasteiger partial charge on any atom is 0.298 e. The highest BCUT2D eigenvalue weighted by Crippen LogP contribution is 2.60. The van der Waals surface area contributed by atoms with Crippen molar-refractivity contribution in [2.24, 2.45) is 22.2 Å². The van der Waals surface area contributed by atoms with Crippen molar-refractivity contribution in [2.45, 2.75) is 92.9 Å². The van der Waals surface area contributed by atoms with Crippen LogP contribution in [0.1, 0.15) is 92.2 Å². The van der Waals surface area contributed by atoms with E-state index in [-0.39, 0.29) is 44.6 Å². The van der Waals surface area contributed by atoms with Gasteiger partial charge in [0, 0.05) is 11.1 Å². The van der Waals surface area contributed by atoms with E-state index in [1.807, 2.05) is 0 Å². The van der Waals surface area contributed by atoms with Crippen LogP contribution in [-0.4, -0.2) is 32.3 Å². The Morgan fingerprint density at radius 3 is 1.72 bits per heavy atom. The minimum Gasteiger partial charge on any atom is -0.504 e. The molecule has 0 spiro atoms. The molecule has 0 saturated heterocycles. The first-order chi connectivity index (χ1) is 14.2. The van der Waals surface area contributed by atoms with Crippen molar-refractivity contribution in [1.82, 2.24) is 0 Å². The number of benzene rings is 1. The van der Waals surface area contributed by atoms with Crippen molar-refractivity contribution in [3.63, 3.8) is 0 Å². The van der Waals surface area contributed by atoms with Crippen LogP contribution >= 0.6 is 0 Å². The van der Waals surface area contributed by atoms with E-state index in [1.54, 1.807) is 6.92 Å². The molecular formula is C25H44O6S. The van der Waals surface area contributed by atoms with Crippen LogP contribution in [0.15, 0.2) is 4.90 Å². The molecule has 2 N–H and O–H groups in total. The zero-order valence-electron chi connectivity index (χ0n) is 22.0. The molecule has 6 nitrogen and oxygen atoms in total. The van der Waals surface area contributed by atoms with Gasteiger partial charge >= 0.3 is 0 Å². The van der Waals surface area contributed by atoms with E-state index in [0.717, 1.165) is 12.8 Å². The fourth-order valence-electron chi connectivity index (χ4n) is 6.25. The highest BCUT2D eigenvalue weighted by Gasteiger charge is 2.48. The van der Waals surface area contributed by atoms with Gasteiger partial charge in [0.05, 0.1) is 14.2 Å². The predicted molar refractivity (Wildman–Crippen MR) is 130 cm³/mol. The Kier molecular flexibility index (Phi) is 8.40. The highest BCUT2D eigenvalue weighted by molar-refractivity contribution is 7.86. The van der Waals surface area contributed by atoms with Crippen LogP contribution in [-0.2, 0) is 10.1 Å². The third-order valence-electron chi connectivity index (χ3n) is 6.04. The molecule has 0 radical (unpaired) electrons. The summed E-state index contributed by atoms with van der Waals surface area (Å²) in [5, 5.41) is 11.0. The molecule has 0 saturated carbocycles. The number of aromatic hydroxyl groups is 1. The van der Waals surface area contributed by atoms with Gasteiger partial charge in [-0.1, -0.05) is 62.3 Å². The lowest BCUT2D eigenvalue weighted by Gasteiger charge is -2.49. The Bertz CT molecular complexity index is 921. The van der Waals surface area contributed by atoms with Crippen LogP contribution in [0.25, 0.3) is 0 Å². The van der Waals surface area contributed by atoms with Crippen molar-refractivity contribution in [2.75, 3.05) is 14.2 Å². The molecule has 1 unspecified atom stereocenters. The van der Waals surface area contributed by atoms with Crippen LogP contribution in [0, 0.1) is 29.1 Å². The molecule has 1 aromatic carbocycles. The topological polar surface area (TPSA) is 93.1 Å². The van der Waals surface area contributed by atoms with Gasteiger partial charge in [0.1, 0.15) is 10.6 Å². The molecule has 0 aliphatic rings. The van der Waals surface area contributed by atoms with Gasteiger partial charge in [-0.3, -0.25) is 4.55 Å². The molecule has 0 aliphatic carbocycles. The standard InChI is InChI=1S/C25H44O6S/c1-15(2)13-24(7,8)22(25(9,10)14-23(4,5)6)17-20(31-12)18(26)16(3)19(30-11)21(17)32(27,28)29/h15,22,26H,13-14H2,1-12H3,(H,27,28,29). The number of phenolic OH excluding ortho intramolecular Hbond substituents is 1. The fraction of sp³-hybridized carbons (Fsp3) is 0.760. The molecule has 1 rings (SSSR count). The monoisotopic (exact) mass is 472 g/mol. The summed E-state index contributed by atoms with van der Waals surface area (Å²) in [6, 6.07) is 0. The maximum atomic E-state index is 12.8. The van der Waals surface area contributed by atoms with E-state index in [4.69, 9.17) is 9.47 Å². The molecular weight excluding hydrogens is 428 g/mol. The van der Waals surface area contributed by atoms with Crippen LogP contribution in [0.5, 0.6) is 17.2 Å². The minimum absolute atomic E-state index is 0.0437. The molecule has 1 aromatic rings. The van der Waals surface area contributed by atoms with E-state index < -0.39 is 20.9 Å².